The molecule has 1 aliphatic rings. The van der Waals surface area contributed by atoms with Crippen molar-refractivity contribution in [3.8, 4) is 0 Å². The average Bonchev–Trinajstić information content (AvgIpc) is 3.06. The van der Waals surface area contributed by atoms with Gasteiger partial charge in [0.2, 0.25) is 0 Å². The molecule has 2 unspecified atom stereocenters. The Hall–Kier alpha value is -0.410. The lowest BCUT2D eigenvalue weighted by molar-refractivity contribution is 0.0778. The fourth-order valence-corrected chi connectivity index (χ4v) is 3.51. The average molecular weight is 439 g/mol. The molecule has 7 heteroatoms. The van der Waals surface area contributed by atoms with Crippen molar-refractivity contribution in [3.63, 3.8) is 0 Å². The quantitative estimate of drug-likeness (QED) is 0.374. The zero-order valence-corrected chi connectivity index (χ0v) is 16.5. The van der Waals surface area contributed by atoms with Gasteiger partial charge >= 0.3 is 0 Å². The molecule has 2 rings (SSSR count). The second-order valence-electron chi connectivity index (χ2n) is 5.54. The molecule has 3 N–H and O–H groups in total. The number of furan rings is 1. The van der Waals surface area contributed by atoms with Crippen molar-refractivity contribution in [3.05, 3.63) is 23.7 Å². The molecular weight excluding hydrogens is 413 g/mol. The van der Waals surface area contributed by atoms with Crippen LogP contribution < -0.4 is 10.6 Å². The van der Waals surface area contributed by atoms with Crippen molar-refractivity contribution in [2.24, 2.45) is 4.99 Å². The highest BCUT2D eigenvalue weighted by molar-refractivity contribution is 14.0. The summed E-state index contributed by atoms with van der Waals surface area (Å²) in [6, 6.07) is 3.96. The number of aliphatic imine (C=N–C) groups is 1. The lowest BCUT2D eigenvalue weighted by atomic mass is 10.1. The van der Waals surface area contributed by atoms with E-state index in [2.05, 4.69) is 15.6 Å². The van der Waals surface area contributed by atoms with Crippen LogP contribution in [0.1, 0.15) is 37.8 Å². The lowest BCUT2D eigenvalue weighted by Crippen LogP contribution is -2.41. The summed E-state index contributed by atoms with van der Waals surface area (Å²) in [4.78, 5) is 4.53. The molecule has 0 aliphatic carbocycles. The Labute approximate surface area is 153 Å². The third kappa shape index (κ3) is 5.66. The highest BCUT2D eigenvalue weighted by Crippen LogP contribution is 2.27. The van der Waals surface area contributed by atoms with Gasteiger partial charge in [-0.25, -0.2) is 0 Å². The van der Waals surface area contributed by atoms with Crippen LogP contribution in [-0.4, -0.2) is 41.3 Å². The third-order valence-corrected chi connectivity index (χ3v) is 4.73. The molecule has 0 saturated carbocycles. The van der Waals surface area contributed by atoms with Gasteiger partial charge in [-0.05, 0) is 45.1 Å². The van der Waals surface area contributed by atoms with E-state index in [1.54, 1.807) is 11.8 Å². The molecule has 1 aromatic heterocycles. The van der Waals surface area contributed by atoms with Crippen LogP contribution in [0.2, 0.25) is 0 Å². The standard InChI is InChI=1S/C15H25N3O2S.HI/c1-4-16-14(17-9-15(19)7-8-21-10-15)18-12(3)13-6-5-11(2)20-13;/h5-6,12,19H,4,7-10H2,1-3H3,(H2,16,17,18);1H. The molecule has 5 nitrogen and oxygen atoms in total. The molecule has 0 aromatic carbocycles. The van der Waals surface area contributed by atoms with Gasteiger partial charge in [0.15, 0.2) is 5.96 Å². The summed E-state index contributed by atoms with van der Waals surface area (Å²) in [7, 11) is 0. The van der Waals surface area contributed by atoms with Gasteiger partial charge in [-0.3, -0.25) is 4.99 Å². The minimum Gasteiger partial charge on any atom is -0.464 e. The van der Waals surface area contributed by atoms with Crippen LogP contribution in [0, 0.1) is 6.92 Å². The summed E-state index contributed by atoms with van der Waals surface area (Å²) in [5.41, 5.74) is -0.655. The van der Waals surface area contributed by atoms with Crippen LogP contribution in [0.3, 0.4) is 0 Å². The van der Waals surface area contributed by atoms with E-state index in [0.717, 1.165) is 36.0 Å². The van der Waals surface area contributed by atoms with Gasteiger partial charge in [-0.1, -0.05) is 0 Å². The van der Waals surface area contributed by atoms with Crippen molar-refractivity contribution < 1.29 is 9.52 Å². The molecular formula is C15H26IN3O2S. The number of thioether (sulfide) groups is 1. The Bertz CT molecular complexity index is 487. The predicted octanol–water partition coefficient (Wildman–Crippen LogP) is 2.69. The van der Waals surface area contributed by atoms with Crippen LogP contribution >= 0.6 is 35.7 Å². The van der Waals surface area contributed by atoms with E-state index >= 15 is 0 Å². The van der Waals surface area contributed by atoms with Crippen LogP contribution in [-0.2, 0) is 0 Å². The highest BCUT2D eigenvalue weighted by atomic mass is 127. The number of aryl methyl sites for hydroxylation is 1. The van der Waals surface area contributed by atoms with Crippen LogP contribution in [0.4, 0.5) is 0 Å². The van der Waals surface area contributed by atoms with E-state index in [1.807, 2.05) is 32.9 Å². The molecule has 22 heavy (non-hydrogen) atoms. The fraction of sp³-hybridized carbons (Fsp3) is 0.667. The van der Waals surface area contributed by atoms with Gasteiger partial charge in [-0.2, -0.15) is 11.8 Å². The van der Waals surface area contributed by atoms with E-state index in [-0.39, 0.29) is 30.0 Å². The number of nitrogens with one attached hydrogen (secondary N) is 2. The summed E-state index contributed by atoms with van der Waals surface area (Å²) < 4.78 is 5.62. The van der Waals surface area contributed by atoms with Gasteiger partial charge in [0.1, 0.15) is 11.5 Å². The SMILES string of the molecule is CCNC(=NCC1(O)CCSC1)NC(C)c1ccc(C)o1.I. The van der Waals surface area contributed by atoms with Crippen molar-refractivity contribution in [2.75, 3.05) is 24.6 Å². The molecule has 1 fully saturated rings. The van der Waals surface area contributed by atoms with E-state index in [9.17, 15) is 5.11 Å². The maximum absolute atomic E-state index is 10.4. The molecule has 0 bridgehead atoms. The minimum atomic E-state index is -0.655. The molecule has 1 aromatic rings. The van der Waals surface area contributed by atoms with Crippen molar-refractivity contribution in [2.45, 2.75) is 38.8 Å². The first-order valence-electron chi connectivity index (χ1n) is 7.44. The summed E-state index contributed by atoms with van der Waals surface area (Å²) in [6.45, 7) is 7.20. The maximum Gasteiger partial charge on any atom is 0.191 e. The first kappa shape index (κ1) is 19.6. The lowest BCUT2D eigenvalue weighted by Gasteiger charge is -2.21. The van der Waals surface area contributed by atoms with Gasteiger partial charge in [0.05, 0.1) is 18.2 Å². The molecule has 2 atom stereocenters. The van der Waals surface area contributed by atoms with E-state index in [0.29, 0.717) is 12.5 Å². The molecule has 0 spiro atoms. The van der Waals surface area contributed by atoms with E-state index < -0.39 is 5.60 Å². The minimum absolute atomic E-state index is 0. The Morgan fingerprint density at radius 1 is 1.55 bits per heavy atom. The Morgan fingerprint density at radius 3 is 2.86 bits per heavy atom. The second kappa shape index (κ2) is 9.02. The number of aliphatic hydroxyl groups is 1. The van der Waals surface area contributed by atoms with Gasteiger partial charge in [0.25, 0.3) is 0 Å². The number of hydrogen-bond acceptors (Lipinski definition) is 4. The summed E-state index contributed by atoms with van der Waals surface area (Å²) in [6.07, 6.45) is 0.813. The molecule has 0 amide bonds. The summed E-state index contributed by atoms with van der Waals surface area (Å²) >= 11 is 1.78. The van der Waals surface area contributed by atoms with Gasteiger partial charge in [-0.15, -0.1) is 24.0 Å². The second-order valence-corrected chi connectivity index (χ2v) is 6.64. The van der Waals surface area contributed by atoms with Crippen LogP contribution in [0.25, 0.3) is 0 Å². The first-order valence-corrected chi connectivity index (χ1v) is 8.59. The largest absolute Gasteiger partial charge is 0.464 e. The molecule has 0 radical (unpaired) electrons. The Morgan fingerprint density at radius 2 is 2.32 bits per heavy atom. The van der Waals surface area contributed by atoms with Gasteiger partial charge < -0.3 is 20.2 Å². The van der Waals surface area contributed by atoms with Crippen molar-refractivity contribution in [1.82, 2.24) is 10.6 Å². The number of halogens is 1. The molecule has 126 valence electrons. The summed E-state index contributed by atoms with van der Waals surface area (Å²) in [5, 5.41) is 16.9. The number of hydrogen-bond donors (Lipinski definition) is 3. The molecule has 1 aliphatic heterocycles. The number of nitrogens with zero attached hydrogens (tertiary/aromatic N) is 1. The fourth-order valence-electron chi connectivity index (χ4n) is 2.23. The van der Waals surface area contributed by atoms with Crippen molar-refractivity contribution in [1.29, 1.82) is 0 Å². The molecule has 2 heterocycles. The maximum atomic E-state index is 10.4. The van der Waals surface area contributed by atoms with Crippen LogP contribution in [0.5, 0.6) is 0 Å². The van der Waals surface area contributed by atoms with E-state index in [4.69, 9.17) is 4.42 Å². The summed E-state index contributed by atoms with van der Waals surface area (Å²) in [5.74, 6) is 4.27. The number of rotatable bonds is 5. The molecule has 1 saturated heterocycles. The first-order chi connectivity index (χ1) is 10.0. The number of guanidine groups is 1. The topological polar surface area (TPSA) is 69.8 Å². The van der Waals surface area contributed by atoms with E-state index in [1.165, 1.54) is 0 Å². The van der Waals surface area contributed by atoms with Gasteiger partial charge in [0, 0.05) is 12.3 Å². The Kier molecular flexibility index (Phi) is 8.06. The van der Waals surface area contributed by atoms with Crippen molar-refractivity contribution >= 4 is 41.7 Å². The van der Waals surface area contributed by atoms with Crippen LogP contribution in [0.15, 0.2) is 21.5 Å². The zero-order valence-electron chi connectivity index (χ0n) is 13.4. The highest BCUT2D eigenvalue weighted by Gasteiger charge is 2.31. The Balaban J connectivity index is 0.00000242. The zero-order chi connectivity index (χ0) is 15.3. The smallest absolute Gasteiger partial charge is 0.191 e. The normalized spacial score (nSPS) is 23.0. The third-order valence-electron chi connectivity index (χ3n) is 3.50. The monoisotopic (exact) mass is 439 g/mol. The predicted molar refractivity (Wildman–Crippen MR) is 103 cm³/mol.